The molecule has 0 atom stereocenters. The van der Waals surface area contributed by atoms with Crippen molar-refractivity contribution >= 4 is 22.4 Å². The summed E-state index contributed by atoms with van der Waals surface area (Å²) in [7, 11) is 1.28. The van der Waals surface area contributed by atoms with Gasteiger partial charge in [0.15, 0.2) is 16.6 Å². The number of carbonyl (C=O) groups is 1. The van der Waals surface area contributed by atoms with E-state index in [9.17, 15) is 18.0 Å². The largest absolute Gasteiger partial charge is 0.493 e. The van der Waals surface area contributed by atoms with Crippen molar-refractivity contribution in [2.24, 2.45) is 0 Å². The van der Waals surface area contributed by atoms with Gasteiger partial charge >= 0.3 is 6.61 Å². The highest BCUT2D eigenvalue weighted by atomic mass is 32.1. The Morgan fingerprint density at radius 1 is 1.15 bits per heavy atom. The number of carbonyl (C=O) groups excluding carboxylic acids is 1. The maximum absolute atomic E-state index is 13.0. The maximum Gasteiger partial charge on any atom is 0.387 e. The molecule has 2 aromatic carbocycles. The van der Waals surface area contributed by atoms with Gasteiger partial charge in [0.25, 0.3) is 5.91 Å². The van der Waals surface area contributed by atoms with Crippen molar-refractivity contribution in [3.05, 3.63) is 59.2 Å². The summed E-state index contributed by atoms with van der Waals surface area (Å²) >= 11 is 1.20. The lowest BCUT2D eigenvalue weighted by atomic mass is 10.2. The van der Waals surface area contributed by atoms with Crippen LogP contribution in [-0.2, 0) is 0 Å². The van der Waals surface area contributed by atoms with Crippen LogP contribution in [0.5, 0.6) is 11.5 Å². The minimum absolute atomic E-state index is 0.00842. The predicted molar refractivity (Wildman–Crippen MR) is 95.1 cm³/mol. The van der Waals surface area contributed by atoms with Crippen LogP contribution in [0.2, 0.25) is 0 Å². The van der Waals surface area contributed by atoms with Crippen molar-refractivity contribution in [1.29, 1.82) is 0 Å². The summed E-state index contributed by atoms with van der Waals surface area (Å²) in [5.41, 5.74) is 1.49. The Morgan fingerprint density at radius 3 is 2.56 bits per heavy atom. The van der Waals surface area contributed by atoms with Gasteiger partial charge in [-0.05, 0) is 42.5 Å². The number of benzene rings is 2. The monoisotopic (exact) mass is 394 g/mol. The van der Waals surface area contributed by atoms with Crippen molar-refractivity contribution in [2.75, 3.05) is 12.4 Å². The Kier molecular flexibility index (Phi) is 5.60. The van der Waals surface area contributed by atoms with E-state index in [0.29, 0.717) is 16.4 Å². The molecular weight excluding hydrogens is 381 g/mol. The van der Waals surface area contributed by atoms with Crippen molar-refractivity contribution in [1.82, 2.24) is 4.98 Å². The van der Waals surface area contributed by atoms with Crippen LogP contribution >= 0.6 is 11.3 Å². The van der Waals surface area contributed by atoms with Crippen LogP contribution in [0.1, 0.15) is 10.4 Å². The maximum atomic E-state index is 13.0. The van der Waals surface area contributed by atoms with Crippen molar-refractivity contribution in [3.8, 4) is 22.8 Å². The zero-order chi connectivity index (χ0) is 19.4. The normalized spacial score (nSPS) is 10.7. The van der Waals surface area contributed by atoms with Crippen LogP contribution < -0.4 is 14.8 Å². The van der Waals surface area contributed by atoms with Gasteiger partial charge in [-0.15, -0.1) is 11.3 Å². The van der Waals surface area contributed by atoms with Gasteiger partial charge in [0.1, 0.15) is 5.82 Å². The van der Waals surface area contributed by atoms with Gasteiger partial charge in [-0.1, -0.05) is 0 Å². The fourth-order valence-electron chi connectivity index (χ4n) is 2.26. The molecule has 0 aliphatic heterocycles. The van der Waals surface area contributed by atoms with Crippen LogP contribution in [0.3, 0.4) is 0 Å². The quantitative estimate of drug-likeness (QED) is 0.652. The summed E-state index contributed by atoms with van der Waals surface area (Å²) in [6.07, 6.45) is 0. The van der Waals surface area contributed by atoms with Gasteiger partial charge in [-0.3, -0.25) is 10.1 Å². The highest BCUT2D eigenvalue weighted by molar-refractivity contribution is 7.14. The minimum atomic E-state index is -3.00. The molecule has 0 aliphatic carbocycles. The molecule has 27 heavy (non-hydrogen) atoms. The number of aromatic nitrogens is 1. The van der Waals surface area contributed by atoms with Crippen LogP contribution in [0, 0.1) is 5.82 Å². The van der Waals surface area contributed by atoms with E-state index in [1.165, 1.54) is 48.8 Å². The molecule has 0 bridgehead atoms. The number of methoxy groups -OCH3 is 1. The number of hydrogen-bond donors (Lipinski definition) is 1. The van der Waals surface area contributed by atoms with E-state index in [2.05, 4.69) is 15.0 Å². The third-order valence-electron chi connectivity index (χ3n) is 3.51. The summed E-state index contributed by atoms with van der Waals surface area (Å²) in [4.78, 5) is 16.7. The first-order valence-corrected chi connectivity index (χ1v) is 8.50. The van der Waals surface area contributed by atoms with Crippen molar-refractivity contribution < 1.29 is 27.4 Å². The highest BCUT2D eigenvalue weighted by Gasteiger charge is 2.15. The smallest absolute Gasteiger partial charge is 0.387 e. The van der Waals surface area contributed by atoms with Gasteiger partial charge in [0.05, 0.1) is 12.8 Å². The zero-order valence-corrected chi connectivity index (χ0v) is 14.7. The lowest BCUT2D eigenvalue weighted by Gasteiger charge is -2.11. The molecule has 3 rings (SSSR count). The molecule has 0 fully saturated rings. The molecule has 0 aliphatic rings. The first kappa shape index (κ1) is 18.7. The van der Waals surface area contributed by atoms with E-state index in [1.807, 2.05) is 0 Å². The Balaban J connectivity index is 1.75. The number of nitrogens with zero attached hydrogens (tertiary/aromatic N) is 1. The molecule has 0 saturated heterocycles. The SMILES string of the molecule is COc1cc(C(=O)Nc2nc(-c3ccc(F)cc3)cs2)ccc1OC(F)F. The molecule has 0 unspecified atom stereocenters. The lowest BCUT2D eigenvalue weighted by Crippen LogP contribution is -2.12. The van der Waals surface area contributed by atoms with Gasteiger partial charge < -0.3 is 9.47 Å². The number of nitrogens with one attached hydrogen (secondary N) is 1. The van der Waals surface area contributed by atoms with Crippen LogP contribution in [0.15, 0.2) is 47.8 Å². The van der Waals surface area contributed by atoms with Crippen molar-refractivity contribution in [3.63, 3.8) is 0 Å². The van der Waals surface area contributed by atoms with E-state index in [4.69, 9.17) is 4.74 Å². The molecule has 1 aromatic heterocycles. The zero-order valence-electron chi connectivity index (χ0n) is 13.9. The van der Waals surface area contributed by atoms with E-state index in [0.717, 1.165) is 0 Å². The van der Waals surface area contributed by atoms with Gasteiger partial charge in [0, 0.05) is 16.5 Å². The fourth-order valence-corrected chi connectivity index (χ4v) is 2.97. The second kappa shape index (κ2) is 8.09. The van der Waals surface area contributed by atoms with Crippen LogP contribution in [0.4, 0.5) is 18.3 Å². The standard InChI is InChI=1S/C18H13F3N2O3S/c1-25-15-8-11(4-7-14(15)26-17(20)21)16(24)23-18-22-13(9-27-18)10-2-5-12(19)6-3-10/h2-9,17H,1H3,(H,22,23,24). The number of thiazole rings is 1. The molecule has 140 valence electrons. The Hall–Kier alpha value is -3.07. The molecule has 3 aromatic rings. The van der Waals surface area contributed by atoms with E-state index in [1.54, 1.807) is 17.5 Å². The molecule has 0 spiro atoms. The van der Waals surface area contributed by atoms with Gasteiger partial charge in [-0.25, -0.2) is 9.37 Å². The topological polar surface area (TPSA) is 60.5 Å². The van der Waals surface area contributed by atoms with E-state index in [-0.39, 0.29) is 22.9 Å². The Bertz CT molecular complexity index is 945. The van der Waals surface area contributed by atoms with E-state index < -0.39 is 12.5 Å². The molecule has 5 nitrogen and oxygen atoms in total. The summed E-state index contributed by atoms with van der Waals surface area (Å²) in [6, 6.07) is 9.67. The molecule has 1 heterocycles. The summed E-state index contributed by atoms with van der Waals surface area (Å²) in [6.45, 7) is -3.00. The average Bonchev–Trinajstić information content (AvgIpc) is 3.10. The number of rotatable bonds is 6. The van der Waals surface area contributed by atoms with Gasteiger partial charge in [0.2, 0.25) is 0 Å². The Labute approximate surface area is 156 Å². The predicted octanol–water partition coefficient (Wildman–Crippen LogP) is 4.81. The van der Waals surface area contributed by atoms with Crippen molar-refractivity contribution in [2.45, 2.75) is 6.61 Å². The highest BCUT2D eigenvalue weighted by Crippen LogP contribution is 2.30. The number of halogens is 3. The first-order chi connectivity index (χ1) is 13.0. The minimum Gasteiger partial charge on any atom is -0.493 e. The molecular formula is C18H13F3N2O3S. The summed E-state index contributed by atoms with van der Waals surface area (Å²) in [5.74, 6) is -1.00. The van der Waals surface area contributed by atoms with Crippen LogP contribution in [0.25, 0.3) is 11.3 Å². The molecule has 0 radical (unpaired) electrons. The molecule has 9 heteroatoms. The molecule has 0 saturated carbocycles. The number of alkyl halides is 2. The summed E-state index contributed by atoms with van der Waals surface area (Å²) in [5, 5.41) is 4.69. The van der Waals surface area contributed by atoms with Gasteiger partial charge in [-0.2, -0.15) is 8.78 Å². The molecule has 1 N–H and O–H groups in total. The third kappa shape index (κ3) is 4.56. The summed E-state index contributed by atoms with van der Waals surface area (Å²) < 4.78 is 47.0. The van der Waals surface area contributed by atoms with E-state index >= 15 is 0 Å². The molecule has 1 amide bonds. The lowest BCUT2D eigenvalue weighted by molar-refractivity contribution is -0.0512. The third-order valence-corrected chi connectivity index (χ3v) is 4.26. The number of anilines is 1. The van der Waals surface area contributed by atoms with Crippen LogP contribution in [-0.4, -0.2) is 24.6 Å². The first-order valence-electron chi connectivity index (χ1n) is 7.62. The second-order valence-electron chi connectivity index (χ2n) is 5.24. The number of ether oxygens (including phenoxy) is 2. The fraction of sp³-hybridized carbons (Fsp3) is 0.111. The Morgan fingerprint density at radius 2 is 1.89 bits per heavy atom. The average molecular weight is 394 g/mol. The second-order valence-corrected chi connectivity index (χ2v) is 6.10. The number of amides is 1. The number of hydrogen-bond acceptors (Lipinski definition) is 5.